The number of thiophene rings is 1. The van der Waals surface area contributed by atoms with E-state index in [9.17, 15) is 4.79 Å². The van der Waals surface area contributed by atoms with E-state index in [0.717, 1.165) is 43.7 Å². The minimum absolute atomic E-state index is 0.113. The Morgan fingerprint density at radius 3 is 2.54 bits per heavy atom. The van der Waals surface area contributed by atoms with Crippen LogP contribution >= 0.6 is 22.9 Å². The second-order valence-corrected chi connectivity index (χ2v) is 9.61. The van der Waals surface area contributed by atoms with Crippen molar-refractivity contribution in [3.05, 3.63) is 98.4 Å². The molecule has 0 unspecified atom stereocenters. The van der Waals surface area contributed by atoms with Gasteiger partial charge in [-0.1, -0.05) is 53.8 Å². The van der Waals surface area contributed by atoms with Crippen molar-refractivity contribution in [2.75, 3.05) is 7.05 Å². The summed E-state index contributed by atoms with van der Waals surface area (Å²) in [5, 5.41) is 13.1. The van der Waals surface area contributed by atoms with Crippen molar-refractivity contribution in [3.8, 4) is 16.8 Å². The lowest BCUT2D eigenvalue weighted by Crippen LogP contribution is -2.21. The lowest BCUT2D eigenvalue weighted by atomic mass is 9.99. The van der Waals surface area contributed by atoms with Gasteiger partial charge in [-0.2, -0.15) is 0 Å². The molecule has 1 atom stereocenters. The van der Waals surface area contributed by atoms with Crippen molar-refractivity contribution in [2.24, 2.45) is 4.99 Å². The molecule has 8 heteroatoms. The number of halogens is 1. The van der Waals surface area contributed by atoms with Gasteiger partial charge in [-0.15, -0.1) is 21.5 Å². The van der Waals surface area contributed by atoms with Gasteiger partial charge in [0.1, 0.15) is 16.9 Å². The van der Waals surface area contributed by atoms with E-state index in [4.69, 9.17) is 16.6 Å². The molecule has 1 aliphatic rings. The van der Waals surface area contributed by atoms with E-state index >= 15 is 0 Å². The van der Waals surface area contributed by atoms with Gasteiger partial charge in [-0.05, 0) is 43.7 Å². The second-order valence-electron chi connectivity index (χ2n) is 8.17. The van der Waals surface area contributed by atoms with Crippen molar-refractivity contribution < 1.29 is 4.79 Å². The summed E-state index contributed by atoms with van der Waals surface area (Å²) in [5.41, 5.74) is 4.66. The third-order valence-corrected chi connectivity index (χ3v) is 7.31. The topological polar surface area (TPSA) is 72.2 Å². The first-order valence-corrected chi connectivity index (χ1v) is 12.3. The fourth-order valence-electron chi connectivity index (χ4n) is 4.07. The highest BCUT2D eigenvalue weighted by atomic mass is 35.5. The van der Waals surface area contributed by atoms with Crippen LogP contribution in [0.2, 0.25) is 5.02 Å². The number of carbonyl (C=O) groups excluding carboxylic acids is 1. The van der Waals surface area contributed by atoms with Gasteiger partial charge in [0.25, 0.3) is 0 Å². The van der Waals surface area contributed by atoms with Gasteiger partial charge in [0.2, 0.25) is 5.91 Å². The van der Waals surface area contributed by atoms with E-state index in [1.807, 2.05) is 66.1 Å². The highest BCUT2D eigenvalue weighted by Crippen LogP contribution is 2.39. The largest absolute Gasteiger partial charge is 0.359 e. The fraction of sp³-hybridized carbons (Fsp3) is 0.185. The molecule has 2 aromatic carbocycles. The van der Waals surface area contributed by atoms with Crippen molar-refractivity contribution in [1.82, 2.24) is 20.1 Å². The van der Waals surface area contributed by atoms with Crippen molar-refractivity contribution in [2.45, 2.75) is 26.3 Å². The number of hydrogen-bond acceptors (Lipinski definition) is 5. The quantitative estimate of drug-likeness (QED) is 0.402. The normalized spacial score (nSPS) is 14.2. The molecule has 2 aromatic heterocycles. The van der Waals surface area contributed by atoms with Gasteiger partial charge in [-0.3, -0.25) is 14.4 Å². The van der Waals surface area contributed by atoms with Crippen molar-refractivity contribution in [1.29, 1.82) is 0 Å². The average Bonchev–Trinajstić information content (AvgIpc) is 3.36. The van der Waals surface area contributed by atoms with Crippen LogP contribution in [0.3, 0.4) is 0 Å². The fourth-order valence-corrected chi connectivity index (χ4v) is 5.41. The molecule has 0 bridgehead atoms. The first-order chi connectivity index (χ1) is 17.0. The number of fused-ring (bicyclic) bond motifs is 3. The summed E-state index contributed by atoms with van der Waals surface area (Å²) in [6, 6.07) is 17.0. The standard InChI is InChI=1S/C27H22ClN5OS/c1-16-22(14-9-18-7-5-4-6-8-18)35-27-24(16)25(19-10-12-20(28)13-11-19)30-21(15-23(34)29-3)26-32-31-17(2)33(26)27/h4-8,10-13,21H,15H2,1-3H3,(H,29,34)/t21-/m0/s1. The highest BCUT2D eigenvalue weighted by molar-refractivity contribution is 7.15. The van der Waals surface area contributed by atoms with Crippen LogP contribution < -0.4 is 5.32 Å². The Kier molecular flexibility index (Phi) is 6.25. The maximum atomic E-state index is 12.4. The van der Waals surface area contributed by atoms with Gasteiger partial charge in [0, 0.05) is 28.8 Å². The minimum atomic E-state index is -0.486. The lowest BCUT2D eigenvalue weighted by Gasteiger charge is -2.12. The number of hydrogen-bond donors (Lipinski definition) is 1. The van der Waals surface area contributed by atoms with Crippen LogP contribution in [0.1, 0.15) is 51.2 Å². The van der Waals surface area contributed by atoms with E-state index in [1.165, 1.54) is 0 Å². The van der Waals surface area contributed by atoms with Gasteiger partial charge < -0.3 is 5.32 Å². The van der Waals surface area contributed by atoms with Gasteiger partial charge >= 0.3 is 0 Å². The summed E-state index contributed by atoms with van der Waals surface area (Å²) in [6.07, 6.45) is 0.167. The Morgan fingerprint density at radius 1 is 1.09 bits per heavy atom. The first-order valence-electron chi connectivity index (χ1n) is 11.1. The molecule has 0 saturated heterocycles. The SMILES string of the molecule is CNC(=O)C[C@@H]1N=C(c2ccc(Cl)cc2)c2c(sc(C#Cc3ccccc3)c2C)-n2c(C)nnc21. The summed E-state index contributed by atoms with van der Waals surface area (Å²) in [6.45, 7) is 3.98. The third kappa shape index (κ3) is 4.39. The lowest BCUT2D eigenvalue weighted by molar-refractivity contribution is -0.121. The van der Waals surface area contributed by atoms with Gasteiger partial charge in [-0.25, -0.2) is 0 Å². The maximum Gasteiger partial charge on any atom is 0.222 e. The summed E-state index contributed by atoms with van der Waals surface area (Å²) < 4.78 is 2.01. The molecule has 1 amide bonds. The second kappa shape index (κ2) is 9.49. The molecular weight excluding hydrogens is 478 g/mol. The Bertz CT molecular complexity index is 1510. The number of nitrogens with zero attached hydrogens (tertiary/aromatic N) is 4. The molecule has 0 radical (unpaired) electrons. The third-order valence-electron chi connectivity index (χ3n) is 5.87. The van der Waals surface area contributed by atoms with Crippen LogP contribution in [0.25, 0.3) is 5.00 Å². The number of carbonyl (C=O) groups is 1. The number of aryl methyl sites for hydroxylation is 1. The van der Waals surface area contributed by atoms with E-state index < -0.39 is 6.04 Å². The van der Waals surface area contributed by atoms with E-state index in [-0.39, 0.29) is 12.3 Å². The zero-order valence-corrected chi connectivity index (χ0v) is 21.0. The maximum absolute atomic E-state index is 12.4. The molecule has 0 spiro atoms. The average molecular weight is 500 g/mol. The zero-order valence-electron chi connectivity index (χ0n) is 19.5. The number of nitrogens with one attached hydrogen (secondary N) is 1. The molecule has 174 valence electrons. The van der Waals surface area contributed by atoms with Gasteiger partial charge in [0.15, 0.2) is 5.82 Å². The minimum Gasteiger partial charge on any atom is -0.359 e. The van der Waals surface area contributed by atoms with Crippen LogP contribution in [-0.2, 0) is 4.79 Å². The van der Waals surface area contributed by atoms with Crippen LogP contribution in [0.15, 0.2) is 59.6 Å². The predicted octanol–water partition coefficient (Wildman–Crippen LogP) is 5.03. The Balaban J connectivity index is 1.74. The number of aliphatic imine (C=N–C) groups is 1. The molecule has 0 fully saturated rings. The molecule has 3 heterocycles. The smallest absolute Gasteiger partial charge is 0.222 e. The summed E-state index contributed by atoms with van der Waals surface area (Å²) in [4.78, 5) is 18.4. The molecular formula is C27H22ClN5OS. The van der Waals surface area contributed by atoms with Gasteiger partial charge in [0.05, 0.1) is 17.0 Å². The molecule has 35 heavy (non-hydrogen) atoms. The number of rotatable bonds is 3. The number of aromatic nitrogens is 3. The Hall–Kier alpha value is -3.73. The van der Waals surface area contributed by atoms with E-state index in [0.29, 0.717) is 10.8 Å². The van der Waals surface area contributed by atoms with Crippen LogP contribution in [-0.4, -0.2) is 33.4 Å². The molecule has 0 saturated carbocycles. The summed E-state index contributed by atoms with van der Waals surface area (Å²) in [7, 11) is 1.62. The molecule has 5 rings (SSSR count). The predicted molar refractivity (Wildman–Crippen MR) is 140 cm³/mol. The van der Waals surface area contributed by atoms with Crippen LogP contribution in [0.5, 0.6) is 0 Å². The molecule has 1 N–H and O–H groups in total. The number of benzene rings is 2. The zero-order chi connectivity index (χ0) is 24.5. The monoisotopic (exact) mass is 499 g/mol. The first kappa shape index (κ1) is 23.0. The van der Waals surface area contributed by atoms with Crippen LogP contribution in [0, 0.1) is 25.7 Å². The Morgan fingerprint density at radius 2 is 1.83 bits per heavy atom. The van der Waals surface area contributed by atoms with Crippen molar-refractivity contribution in [3.63, 3.8) is 0 Å². The molecule has 1 aliphatic heterocycles. The van der Waals surface area contributed by atoms with Crippen molar-refractivity contribution >= 4 is 34.6 Å². The molecule has 0 aliphatic carbocycles. The number of amides is 1. The molecule has 6 nitrogen and oxygen atoms in total. The van der Waals surface area contributed by atoms with Crippen LogP contribution in [0.4, 0.5) is 0 Å². The van der Waals surface area contributed by atoms with E-state index in [2.05, 4.69) is 34.3 Å². The molecule has 4 aromatic rings. The Labute approximate surface area is 212 Å². The summed E-state index contributed by atoms with van der Waals surface area (Å²) in [5.74, 6) is 7.89. The summed E-state index contributed by atoms with van der Waals surface area (Å²) >= 11 is 7.77. The van der Waals surface area contributed by atoms with E-state index in [1.54, 1.807) is 18.4 Å². The highest BCUT2D eigenvalue weighted by Gasteiger charge is 2.32.